The molecule has 3 rings (SSSR count). The molecule has 1 aromatic carbocycles. The van der Waals surface area contributed by atoms with E-state index in [4.69, 9.17) is 16.6 Å². The van der Waals surface area contributed by atoms with E-state index in [-0.39, 0.29) is 18.4 Å². The van der Waals surface area contributed by atoms with E-state index >= 15 is 0 Å². The number of hydrogen-bond acceptors (Lipinski definition) is 3. The van der Waals surface area contributed by atoms with Crippen LogP contribution in [0.15, 0.2) is 18.2 Å². The zero-order chi connectivity index (χ0) is 14.3. The summed E-state index contributed by atoms with van der Waals surface area (Å²) in [6, 6.07) is 5.49. The van der Waals surface area contributed by atoms with E-state index in [1.165, 1.54) is 0 Å². The van der Waals surface area contributed by atoms with Gasteiger partial charge in [0.1, 0.15) is 17.1 Å². The van der Waals surface area contributed by atoms with Crippen LogP contribution in [0, 0.1) is 17.8 Å². The van der Waals surface area contributed by atoms with E-state index in [2.05, 4.69) is 11.2 Å². The zero-order valence-corrected chi connectivity index (χ0v) is 11.2. The molecular weight excluding hydrogens is 254 g/mol. The van der Waals surface area contributed by atoms with Crippen molar-refractivity contribution < 1.29 is 9.53 Å². The molecule has 1 aliphatic carbocycles. The fourth-order valence-electron chi connectivity index (χ4n) is 3.16. The molecule has 2 aliphatic rings. The lowest BCUT2D eigenvalue weighted by molar-refractivity contribution is 0.183. The lowest BCUT2D eigenvalue weighted by Gasteiger charge is -2.32. The molecule has 0 aromatic heterocycles. The Hall–Kier alpha value is -2.48. The number of amides is 2. The Balaban J connectivity index is 2.17. The number of rotatable bonds is 2. The van der Waals surface area contributed by atoms with E-state index < -0.39 is 5.54 Å². The highest BCUT2D eigenvalue weighted by Crippen LogP contribution is 2.45. The van der Waals surface area contributed by atoms with Crippen molar-refractivity contribution in [3.8, 4) is 18.1 Å². The molecule has 1 unspecified atom stereocenters. The van der Waals surface area contributed by atoms with Gasteiger partial charge in [-0.15, -0.1) is 6.42 Å². The molecule has 1 aliphatic heterocycles. The summed E-state index contributed by atoms with van der Waals surface area (Å²) in [7, 11) is 1.60. The number of nitrogens with zero attached hydrogens (tertiary/aromatic N) is 1. The highest BCUT2D eigenvalue weighted by atomic mass is 16.5. The first kappa shape index (κ1) is 12.5. The summed E-state index contributed by atoms with van der Waals surface area (Å²) in [6.07, 6.45) is 6.87. The summed E-state index contributed by atoms with van der Waals surface area (Å²) in [4.78, 5) is 13.6. The Morgan fingerprint density at radius 3 is 3.10 bits per heavy atom. The van der Waals surface area contributed by atoms with Crippen LogP contribution in [0.5, 0.6) is 5.75 Å². The Morgan fingerprint density at radius 2 is 2.40 bits per heavy atom. The SMILES string of the molecule is C#CCN1C(=O)NC(=N)C12CCc1ccc(OC)cc12. The fourth-order valence-corrected chi connectivity index (χ4v) is 3.16. The number of benzene rings is 1. The minimum atomic E-state index is -0.757. The highest BCUT2D eigenvalue weighted by molar-refractivity contribution is 6.09. The molecule has 1 heterocycles. The molecular formula is C15H15N3O2. The third-order valence-corrected chi connectivity index (χ3v) is 4.12. The maximum atomic E-state index is 12.0. The van der Waals surface area contributed by atoms with Gasteiger partial charge in [0.2, 0.25) is 0 Å². The number of carbonyl (C=O) groups excluding carboxylic acids is 1. The van der Waals surface area contributed by atoms with Crippen molar-refractivity contribution in [2.75, 3.05) is 13.7 Å². The summed E-state index contributed by atoms with van der Waals surface area (Å²) in [5.41, 5.74) is 1.32. The van der Waals surface area contributed by atoms with Crippen molar-refractivity contribution in [2.45, 2.75) is 18.4 Å². The number of amidine groups is 1. The summed E-state index contributed by atoms with van der Waals surface area (Å²) in [5, 5.41) is 10.8. The number of hydrogen-bond donors (Lipinski definition) is 2. The summed E-state index contributed by atoms with van der Waals surface area (Å²) in [6.45, 7) is 0.185. The number of carbonyl (C=O) groups is 1. The van der Waals surface area contributed by atoms with Crippen LogP contribution in [-0.2, 0) is 12.0 Å². The monoisotopic (exact) mass is 269 g/mol. The standard InChI is InChI=1S/C15H15N3O2/c1-3-8-18-14(19)17-13(16)15(18)7-6-10-4-5-11(20-2)9-12(10)15/h1,4-5,9H,6-8H2,2H3,(H2,16,17,19). The van der Waals surface area contributed by atoms with Gasteiger partial charge in [0.05, 0.1) is 13.7 Å². The predicted octanol–water partition coefficient (Wildman–Crippen LogP) is 1.47. The highest BCUT2D eigenvalue weighted by Gasteiger charge is 2.54. The van der Waals surface area contributed by atoms with Crippen molar-refractivity contribution >= 4 is 11.9 Å². The number of aryl methyl sites for hydroxylation is 1. The average Bonchev–Trinajstić information content (AvgIpc) is 2.93. The topological polar surface area (TPSA) is 65.4 Å². The molecule has 5 heteroatoms. The predicted molar refractivity (Wildman–Crippen MR) is 74.8 cm³/mol. The molecule has 2 amide bonds. The van der Waals surface area contributed by atoms with Gasteiger partial charge in [-0.25, -0.2) is 4.79 Å². The average molecular weight is 269 g/mol. The first-order valence-corrected chi connectivity index (χ1v) is 6.42. The maximum Gasteiger partial charge on any atom is 0.324 e. The number of methoxy groups -OCH3 is 1. The second-order valence-electron chi connectivity index (χ2n) is 4.98. The maximum absolute atomic E-state index is 12.0. The summed E-state index contributed by atoms with van der Waals surface area (Å²) < 4.78 is 5.26. The first-order chi connectivity index (χ1) is 9.63. The van der Waals surface area contributed by atoms with Crippen LogP contribution in [0.25, 0.3) is 0 Å². The van der Waals surface area contributed by atoms with Crippen LogP contribution in [0.2, 0.25) is 0 Å². The molecule has 0 radical (unpaired) electrons. The summed E-state index contributed by atoms with van der Waals surface area (Å²) >= 11 is 0. The number of ether oxygens (including phenoxy) is 1. The van der Waals surface area contributed by atoms with Gasteiger partial charge >= 0.3 is 6.03 Å². The summed E-state index contributed by atoms with van der Waals surface area (Å²) in [5.74, 6) is 3.43. The van der Waals surface area contributed by atoms with E-state index in [1.54, 1.807) is 12.0 Å². The van der Waals surface area contributed by atoms with Gasteiger partial charge in [-0.2, -0.15) is 0 Å². The lowest BCUT2D eigenvalue weighted by atomic mass is 9.89. The van der Waals surface area contributed by atoms with Gasteiger partial charge in [-0.3, -0.25) is 15.6 Å². The van der Waals surface area contributed by atoms with Crippen molar-refractivity contribution in [3.05, 3.63) is 29.3 Å². The van der Waals surface area contributed by atoms with Gasteiger partial charge in [-0.05, 0) is 36.1 Å². The van der Waals surface area contributed by atoms with Gasteiger partial charge in [0, 0.05) is 0 Å². The van der Waals surface area contributed by atoms with Crippen molar-refractivity contribution in [2.24, 2.45) is 0 Å². The second-order valence-corrected chi connectivity index (χ2v) is 4.98. The second kappa shape index (κ2) is 4.27. The number of terminal acetylenes is 1. The molecule has 102 valence electrons. The van der Waals surface area contributed by atoms with Gasteiger partial charge < -0.3 is 4.74 Å². The fraction of sp³-hybridized carbons (Fsp3) is 0.333. The largest absolute Gasteiger partial charge is 0.497 e. The Labute approximate surface area is 117 Å². The van der Waals surface area contributed by atoms with E-state index in [0.29, 0.717) is 6.42 Å². The smallest absolute Gasteiger partial charge is 0.324 e. The molecule has 1 atom stereocenters. The van der Waals surface area contributed by atoms with E-state index in [1.807, 2.05) is 18.2 Å². The van der Waals surface area contributed by atoms with E-state index in [0.717, 1.165) is 23.3 Å². The Kier molecular flexibility index (Phi) is 2.68. The minimum absolute atomic E-state index is 0.185. The molecule has 1 aromatic rings. The third kappa shape index (κ3) is 1.45. The Bertz CT molecular complexity index is 647. The molecule has 2 N–H and O–H groups in total. The molecule has 1 spiro atoms. The van der Waals surface area contributed by atoms with Crippen LogP contribution in [0.3, 0.4) is 0 Å². The van der Waals surface area contributed by atoms with Gasteiger partial charge in [-0.1, -0.05) is 12.0 Å². The van der Waals surface area contributed by atoms with Crippen molar-refractivity contribution in [3.63, 3.8) is 0 Å². The van der Waals surface area contributed by atoms with Crippen LogP contribution in [0.1, 0.15) is 17.5 Å². The van der Waals surface area contributed by atoms with Gasteiger partial charge in [0.15, 0.2) is 0 Å². The number of nitrogens with one attached hydrogen (secondary N) is 2. The van der Waals surface area contributed by atoms with Crippen molar-refractivity contribution in [1.82, 2.24) is 10.2 Å². The quantitative estimate of drug-likeness (QED) is 0.798. The molecule has 1 saturated heterocycles. The van der Waals surface area contributed by atoms with E-state index in [9.17, 15) is 4.79 Å². The molecule has 5 nitrogen and oxygen atoms in total. The van der Waals surface area contributed by atoms with Crippen LogP contribution < -0.4 is 10.1 Å². The number of urea groups is 1. The molecule has 20 heavy (non-hydrogen) atoms. The lowest BCUT2D eigenvalue weighted by Crippen LogP contribution is -2.45. The molecule has 0 bridgehead atoms. The molecule has 1 fully saturated rings. The first-order valence-electron chi connectivity index (χ1n) is 6.42. The van der Waals surface area contributed by atoms with Crippen LogP contribution in [0.4, 0.5) is 4.79 Å². The third-order valence-electron chi connectivity index (χ3n) is 4.12. The van der Waals surface area contributed by atoms with Crippen LogP contribution >= 0.6 is 0 Å². The van der Waals surface area contributed by atoms with Crippen LogP contribution in [-0.4, -0.2) is 30.4 Å². The number of fused-ring (bicyclic) bond motifs is 2. The Morgan fingerprint density at radius 1 is 1.60 bits per heavy atom. The zero-order valence-electron chi connectivity index (χ0n) is 11.2. The van der Waals surface area contributed by atoms with Crippen molar-refractivity contribution in [1.29, 1.82) is 5.41 Å². The minimum Gasteiger partial charge on any atom is -0.497 e. The van der Waals surface area contributed by atoms with Gasteiger partial charge in [0.25, 0.3) is 0 Å². The molecule has 0 saturated carbocycles. The normalized spacial score (nSPS) is 23.7.